The molecule has 0 fully saturated rings. The number of carbonyl (C=O) groups is 2. The van der Waals surface area contributed by atoms with Gasteiger partial charge in [0.25, 0.3) is 0 Å². The van der Waals surface area contributed by atoms with E-state index in [-0.39, 0.29) is 12.3 Å². The Balaban J connectivity index is 1.96. The number of nitrogens with two attached hydrogens (primary N) is 1. The van der Waals surface area contributed by atoms with Gasteiger partial charge in [0, 0.05) is 11.3 Å². The summed E-state index contributed by atoms with van der Waals surface area (Å²) >= 11 is 2.82. The quantitative estimate of drug-likeness (QED) is 0.710. The molecule has 4 N–H and O–H groups in total. The average Bonchev–Trinajstić information content (AvgIpc) is 3.08. The SMILES string of the molecule is CC(C)Cc1nnc(NC(=O)CC(NC(N)=O)c2cccs2)s1. The third kappa shape index (κ3) is 5.61. The molecule has 0 spiro atoms. The van der Waals surface area contributed by atoms with Gasteiger partial charge in [0.2, 0.25) is 11.0 Å². The van der Waals surface area contributed by atoms with Gasteiger partial charge >= 0.3 is 6.03 Å². The Morgan fingerprint density at radius 1 is 1.35 bits per heavy atom. The van der Waals surface area contributed by atoms with E-state index in [4.69, 9.17) is 5.73 Å². The fraction of sp³-hybridized carbons (Fsp3) is 0.429. The number of primary amides is 1. The molecule has 0 aliphatic carbocycles. The second kappa shape index (κ2) is 8.02. The van der Waals surface area contributed by atoms with E-state index in [9.17, 15) is 9.59 Å². The van der Waals surface area contributed by atoms with Gasteiger partial charge in [-0.05, 0) is 17.4 Å². The second-order valence-corrected chi connectivity index (χ2v) is 7.47. The summed E-state index contributed by atoms with van der Waals surface area (Å²) in [6, 6.07) is 2.60. The molecule has 2 heterocycles. The first kappa shape index (κ1) is 17.4. The van der Waals surface area contributed by atoms with Crippen LogP contribution in [0.4, 0.5) is 9.93 Å². The zero-order chi connectivity index (χ0) is 16.8. The molecule has 1 atom stereocenters. The second-order valence-electron chi connectivity index (χ2n) is 5.43. The number of rotatable bonds is 7. The summed E-state index contributed by atoms with van der Waals surface area (Å²) in [6.45, 7) is 4.20. The number of amides is 3. The molecule has 9 heteroatoms. The van der Waals surface area contributed by atoms with E-state index in [1.54, 1.807) is 0 Å². The summed E-state index contributed by atoms with van der Waals surface area (Å²) in [4.78, 5) is 24.2. The largest absolute Gasteiger partial charge is 0.352 e. The molecule has 0 saturated carbocycles. The van der Waals surface area contributed by atoms with Crippen LogP contribution in [0.15, 0.2) is 17.5 Å². The highest BCUT2D eigenvalue weighted by Gasteiger charge is 2.19. The first-order valence-electron chi connectivity index (χ1n) is 7.15. The standard InChI is InChI=1S/C14H19N5O2S2/c1-8(2)6-12-18-19-14(23-12)17-11(20)7-9(16-13(15)21)10-4-3-5-22-10/h3-5,8-9H,6-7H2,1-2H3,(H3,15,16,21)(H,17,19,20). The molecule has 0 aliphatic heterocycles. The summed E-state index contributed by atoms with van der Waals surface area (Å²) in [7, 11) is 0. The molecule has 0 bridgehead atoms. The number of nitrogens with zero attached hydrogens (tertiary/aromatic N) is 2. The Morgan fingerprint density at radius 2 is 2.13 bits per heavy atom. The van der Waals surface area contributed by atoms with Crippen LogP contribution in [-0.2, 0) is 11.2 Å². The summed E-state index contributed by atoms with van der Waals surface area (Å²) in [5.74, 6) is 0.235. The Labute approximate surface area is 142 Å². The van der Waals surface area contributed by atoms with Crippen molar-refractivity contribution in [2.75, 3.05) is 5.32 Å². The highest BCUT2D eigenvalue weighted by Crippen LogP contribution is 2.23. The molecule has 0 saturated heterocycles. The zero-order valence-electron chi connectivity index (χ0n) is 12.9. The number of carbonyl (C=O) groups excluding carboxylic acids is 2. The summed E-state index contributed by atoms with van der Waals surface area (Å²) in [5.41, 5.74) is 5.18. The van der Waals surface area contributed by atoms with Gasteiger partial charge < -0.3 is 16.4 Å². The van der Waals surface area contributed by atoms with Crippen molar-refractivity contribution in [3.63, 3.8) is 0 Å². The molecule has 2 rings (SSSR count). The molecule has 1 unspecified atom stereocenters. The van der Waals surface area contributed by atoms with Gasteiger partial charge in [-0.1, -0.05) is 31.3 Å². The molecular formula is C14H19N5O2S2. The first-order valence-corrected chi connectivity index (χ1v) is 8.85. The minimum absolute atomic E-state index is 0.0859. The number of thiophene rings is 1. The van der Waals surface area contributed by atoms with Crippen molar-refractivity contribution in [1.82, 2.24) is 15.5 Å². The molecule has 3 amide bonds. The number of anilines is 1. The van der Waals surface area contributed by atoms with E-state index in [1.165, 1.54) is 22.7 Å². The minimum Gasteiger partial charge on any atom is -0.352 e. The van der Waals surface area contributed by atoms with Crippen LogP contribution in [-0.4, -0.2) is 22.1 Å². The molecule has 7 nitrogen and oxygen atoms in total. The molecule has 0 aliphatic rings. The van der Waals surface area contributed by atoms with E-state index in [2.05, 4.69) is 34.7 Å². The lowest BCUT2D eigenvalue weighted by molar-refractivity contribution is -0.116. The van der Waals surface area contributed by atoms with Crippen LogP contribution in [0.2, 0.25) is 0 Å². The van der Waals surface area contributed by atoms with Gasteiger partial charge in [-0.2, -0.15) is 0 Å². The number of urea groups is 1. The van der Waals surface area contributed by atoms with E-state index in [0.717, 1.165) is 16.3 Å². The van der Waals surface area contributed by atoms with Gasteiger partial charge in [-0.15, -0.1) is 21.5 Å². The number of aromatic nitrogens is 2. The summed E-state index contributed by atoms with van der Waals surface area (Å²) in [6.07, 6.45) is 0.914. The third-order valence-corrected chi connectivity index (χ3v) is 4.74. The molecule has 0 radical (unpaired) electrons. The van der Waals surface area contributed by atoms with Gasteiger partial charge in [-0.3, -0.25) is 4.79 Å². The Kier molecular flexibility index (Phi) is 6.05. The Hall–Kier alpha value is -2.00. The summed E-state index contributed by atoms with van der Waals surface area (Å²) < 4.78 is 0. The monoisotopic (exact) mass is 353 g/mol. The first-order chi connectivity index (χ1) is 10.9. The lowest BCUT2D eigenvalue weighted by Crippen LogP contribution is -2.34. The zero-order valence-corrected chi connectivity index (χ0v) is 14.5. The molecule has 124 valence electrons. The van der Waals surface area contributed by atoms with Crippen molar-refractivity contribution >= 4 is 39.7 Å². The van der Waals surface area contributed by atoms with Crippen molar-refractivity contribution in [3.8, 4) is 0 Å². The van der Waals surface area contributed by atoms with Crippen LogP contribution < -0.4 is 16.4 Å². The van der Waals surface area contributed by atoms with Crippen molar-refractivity contribution in [2.45, 2.75) is 32.7 Å². The Morgan fingerprint density at radius 3 is 2.74 bits per heavy atom. The van der Waals surface area contributed by atoms with Crippen molar-refractivity contribution in [1.29, 1.82) is 0 Å². The highest BCUT2D eigenvalue weighted by molar-refractivity contribution is 7.15. The van der Waals surface area contributed by atoms with Gasteiger partial charge in [0.05, 0.1) is 12.5 Å². The maximum atomic E-state index is 12.2. The summed E-state index contributed by atoms with van der Waals surface area (Å²) in [5, 5.41) is 16.6. The van der Waals surface area contributed by atoms with Crippen LogP contribution in [0.25, 0.3) is 0 Å². The Bertz CT molecular complexity index is 654. The van der Waals surface area contributed by atoms with Crippen molar-refractivity contribution in [3.05, 3.63) is 27.4 Å². The average molecular weight is 353 g/mol. The van der Waals surface area contributed by atoms with Crippen LogP contribution >= 0.6 is 22.7 Å². The van der Waals surface area contributed by atoms with E-state index >= 15 is 0 Å². The van der Waals surface area contributed by atoms with E-state index < -0.39 is 12.1 Å². The normalized spacial score (nSPS) is 12.1. The van der Waals surface area contributed by atoms with Crippen LogP contribution in [0, 0.1) is 5.92 Å². The predicted octanol–water partition coefficient (Wildman–Crippen LogP) is 2.54. The minimum atomic E-state index is -0.661. The fourth-order valence-electron chi connectivity index (χ4n) is 1.98. The topological polar surface area (TPSA) is 110 Å². The lowest BCUT2D eigenvalue weighted by Gasteiger charge is -2.15. The number of hydrogen-bond acceptors (Lipinski definition) is 6. The third-order valence-electron chi connectivity index (χ3n) is 2.89. The lowest BCUT2D eigenvalue weighted by atomic mass is 10.1. The van der Waals surface area contributed by atoms with Crippen LogP contribution in [0.1, 0.15) is 36.2 Å². The fourth-order valence-corrected chi connectivity index (χ4v) is 3.72. The maximum Gasteiger partial charge on any atom is 0.312 e. The molecule has 2 aromatic rings. The van der Waals surface area contributed by atoms with E-state index in [0.29, 0.717) is 11.0 Å². The molecule has 0 aromatic carbocycles. The number of hydrogen-bond donors (Lipinski definition) is 3. The molecule has 23 heavy (non-hydrogen) atoms. The number of nitrogens with one attached hydrogen (secondary N) is 2. The van der Waals surface area contributed by atoms with Gasteiger partial charge in [-0.25, -0.2) is 4.79 Å². The highest BCUT2D eigenvalue weighted by atomic mass is 32.1. The van der Waals surface area contributed by atoms with Crippen LogP contribution in [0.3, 0.4) is 0 Å². The molecule has 2 aromatic heterocycles. The van der Waals surface area contributed by atoms with Gasteiger partial charge in [0.1, 0.15) is 5.01 Å². The smallest absolute Gasteiger partial charge is 0.312 e. The maximum absolute atomic E-state index is 12.2. The van der Waals surface area contributed by atoms with Crippen molar-refractivity contribution < 1.29 is 9.59 Å². The van der Waals surface area contributed by atoms with Crippen molar-refractivity contribution in [2.24, 2.45) is 11.7 Å². The van der Waals surface area contributed by atoms with Gasteiger partial charge in [0.15, 0.2) is 0 Å². The predicted molar refractivity (Wildman–Crippen MR) is 91.5 cm³/mol. The molecular weight excluding hydrogens is 334 g/mol. The van der Waals surface area contributed by atoms with E-state index in [1.807, 2.05) is 17.5 Å². The van der Waals surface area contributed by atoms with Crippen LogP contribution in [0.5, 0.6) is 0 Å².